The van der Waals surface area contributed by atoms with Gasteiger partial charge >= 0.3 is 0 Å². The predicted molar refractivity (Wildman–Crippen MR) is 251 cm³/mol. The third-order valence-corrected chi connectivity index (χ3v) is 11.2. The van der Waals surface area contributed by atoms with Crippen LogP contribution in [0, 0.1) is 13.8 Å². The summed E-state index contributed by atoms with van der Waals surface area (Å²) in [6.07, 6.45) is 0.872. The van der Waals surface area contributed by atoms with Gasteiger partial charge in [-0.15, -0.1) is 0 Å². The van der Waals surface area contributed by atoms with E-state index in [-0.39, 0.29) is 0 Å². The molecule has 0 bridgehead atoms. The molecule has 0 radical (unpaired) electrons. The molecule has 0 heterocycles. The molecule has 0 amide bonds. The first-order valence-corrected chi connectivity index (χ1v) is 20.4. The van der Waals surface area contributed by atoms with Crippen LogP contribution in [0.1, 0.15) is 22.3 Å². The van der Waals surface area contributed by atoms with Crippen LogP contribution in [-0.2, 0) is 6.42 Å². The third kappa shape index (κ3) is 8.21. The average Bonchev–Trinajstić information content (AvgIpc) is 3.30. The van der Waals surface area contributed by atoms with E-state index in [0.717, 1.165) is 34.9 Å². The van der Waals surface area contributed by atoms with Gasteiger partial charge in [-0.1, -0.05) is 158 Å². The van der Waals surface area contributed by atoms with Gasteiger partial charge in [0.25, 0.3) is 0 Å². The Balaban J connectivity index is 0.941. The number of hydrogen-bond donors (Lipinski definition) is 0. The molecule has 0 fully saturated rings. The summed E-state index contributed by atoms with van der Waals surface area (Å²) < 4.78 is 0. The fourth-order valence-corrected chi connectivity index (χ4v) is 8.04. The largest absolute Gasteiger partial charge is 0.311 e. The van der Waals surface area contributed by atoms with Gasteiger partial charge in [0, 0.05) is 34.1 Å². The van der Waals surface area contributed by atoms with Crippen molar-refractivity contribution in [2.24, 2.45) is 0 Å². The summed E-state index contributed by atoms with van der Waals surface area (Å²) in [6, 6.07) is 82.9. The Morgan fingerprint density at radius 2 is 0.644 bits per heavy atom. The summed E-state index contributed by atoms with van der Waals surface area (Å²) in [5.74, 6) is 0. The Labute approximate surface area is 349 Å². The van der Waals surface area contributed by atoms with Crippen LogP contribution in [0.25, 0.3) is 33.4 Å². The molecule has 2 nitrogen and oxygen atoms in total. The quantitative estimate of drug-likeness (QED) is 0.130. The second-order valence-electron chi connectivity index (χ2n) is 15.2. The maximum absolute atomic E-state index is 2.36. The fraction of sp³-hybridized carbons (Fsp3) is 0.0526. The normalized spacial score (nSPS) is 10.9. The molecular formula is C57H46N2. The fourth-order valence-electron chi connectivity index (χ4n) is 8.04. The predicted octanol–water partition coefficient (Wildman–Crippen LogP) is 15.8. The van der Waals surface area contributed by atoms with Gasteiger partial charge in [0.15, 0.2) is 0 Å². The van der Waals surface area contributed by atoms with Gasteiger partial charge in [-0.25, -0.2) is 0 Å². The molecule has 0 atom stereocenters. The molecule has 0 saturated carbocycles. The van der Waals surface area contributed by atoms with Crippen LogP contribution in [0.15, 0.2) is 231 Å². The lowest BCUT2D eigenvalue weighted by Crippen LogP contribution is -2.11. The summed E-state index contributed by atoms with van der Waals surface area (Å²) >= 11 is 0. The van der Waals surface area contributed by atoms with Crippen LogP contribution in [0.3, 0.4) is 0 Å². The van der Waals surface area contributed by atoms with Crippen molar-refractivity contribution in [3.63, 3.8) is 0 Å². The van der Waals surface area contributed by atoms with Crippen molar-refractivity contribution in [3.8, 4) is 33.4 Å². The zero-order valence-electron chi connectivity index (χ0n) is 33.5. The van der Waals surface area contributed by atoms with Crippen molar-refractivity contribution in [2.45, 2.75) is 20.3 Å². The Hall–Kier alpha value is -7.42. The summed E-state index contributed by atoms with van der Waals surface area (Å²) in [6.45, 7) is 4.46. The van der Waals surface area contributed by atoms with Crippen LogP contribution in [0.2, 0.25) is 0 Å². The minimum atomic E-state index is 0.872. The van der Waals surface area contributed by atoms with Crippen molar-refractivity contribution < 1.29 is 0 Å². The molecule has 0 aliphatic heterocycles. The second kappa shape index (κ2) is 17.0. The monoisotopic (exact) mass is 758 g/mol. The van der Waals surface area contributed by atoms with E-state index in [1.54, 1.807) is 0 Å². The maximum Gasteiger partial charge on any atom is 0.0491 e. The SMILES string of the molecule is Cc1cc(-c2ccc(N(c3ccccc3)c3ccc(-c4ccccc4)cc3)c(C)c2)ccc1Cc1ccc(N(c2ccccc2)c2ccc(-c3ccccc3)cc2)cc1. The summed E-state index contributed by atoms with van der Waals surface area (Å²) in [5.41, 5.74) is 19.3. The van der Waals surface area contributed by atoms with Gasteiger partial charge in [0.1, 0.15) is 0 Å². The molecule has 284 valence electrons. The highest BCUT2D eigenvalue weighted by molar-refractivity contribution is 5.82. The van der Waals surface area contributed by atoms with Gasteiger partial charge in [-0.3, -0.25) is 0 Å². The van der Waals surface area contributed by atoms with Gasteiger partial charge < -0.3 is 9.80 Å². The van der Waals surface area contributed by atoms with Crippen molar-refractivity contribution in [1.29, 1.82) is 0 Å². The smallest absolute Gasteiger partial charge is 0.0491 e. The van der Waals surface area contributed by atoms with E-state index in [2.05, 4.69) is 254 Å². The van der Waals surface area contributed by atoms with Crippen LogP contribution in [0.4, 0.5) is 34.1 Å². The van der Waals surface area contributed by atoms with Crippen LogP contribution in [0.5, 0.6) is 0 Å². The van der Waals surface area contributed by atoms with Crippen molar-refractivity contribution in [1.82, 2.24) is 0 Å². The molecule has 0 saturated heterocycles. The third-order valence-electron chi connectivity index (χ3n) is 11.2. The maximum atomic E-state index is 2.36. The van der Waals surface area contributed by atoms with Crippen LogP contribution >= 0.6 is 0 Å². The second-order valence-corrected chi connectivity index (χ2v) is 15.2. The number of para-hydroxylation sites is 2. The minimum absolute atomic E-state index is 0.872. The molecule has 0 aliphatic rings. The Kier molecular flexibility index (Phi) is 10.7. The average molecular weight is 759 g/mol. The standard InChI is InChI=1S/C57H46N2/c1-42-39-50(51-31-38-57(43(2)40-51)59(53-21-13-6-14-22-53)56-36-29-48(30-37-56)46-17-9-4-10-18-46)26-25-49(42)41-44-23-32-54(33-24-44)58(52-19-11-5-12-20-52)55-34-27-47(28-35-55)45-15-7-3-8-16-45/h3-40H,41H2,1-2H3. The van der Waals surface area contributed by atoms with Crippen LogP contribution < -0.4 is 9.80 Å². The number of anilines is 6. The molecule has 9 aromatic rings. The first kappa shape index (κ1) is 37.2. The van der Waals surface area contributed by atoms with Crippen molar-refractivity contribution in [2.75, 3.05) is 9.80 Å². The van der Waals surface area contributed by atoms with E-state index < -0.39 is 0 Å². The van der Waals surface area contributed by atoms with Gasteiger partial charge in [-0.2, -0.15) is 0 Å². The molecule has 59 heavy (non-hydrogen) atoms. The molecular weight excluding hydrogens is 713 g/mol. The van der Waals surface area contributed by atoms with E-state index in [1.807, 2.05) is 0 Å². The topological polar surface area (TPSA) is 6.48 Å². The molecule has 0 N–H and O–H groups in total. The van der Waals surface area contributed by atoms with Crippen molar-refractivity contribution >= 4 is 34.1 Å². The lowest BCUT2D eigenvalue weighted by atomic mass is 9.95. The van der Waals surface area contributed by atoms with E-state index in [4.69, 9.17) is 0 Å². The highest BCUT2D eigenvalue weighted by Crippen LogP contribution is 2.40. The highest BCUT2D eigenvalue weighted by Gasteiger charge is 2.17. The van der Waals surface area contributed by atoms with Crippen molar-refractivity contribution in [3.05, 3.63) is 253 Å². The lowest BCUT2D eigenvalue weighted by Gasteiger charge is -2.27. The number of nitrogens with zero attached hydrogens (tertiary/aromatic N) is 2. The molecule has 0 aromatic heterocycles. The lowest BCUT2D eigenvalue weighted by molar-refractivity contribution is 1.15. The minimum Gasteiger partial charge on any atom is -0.311 e. The summed E-state index contributed by atoms with van der Waals surface area (Å²) in [5, 5.41) is 0. The van der Waals surface area contributed by atoms with E-state index in [1.165, 1.54) is 61.3 Å². The molecule has 0 aliphatic carbocycles. The summed E-state index contributed by atoms with van der Waals surface area (Å²) in [4.78, 5) is 4.68. The molecule has 9 aromatic carbocycles. The number of aryl methyl sites for hydroxylation is 2. The molecule has 2 heteroatoms. The van der Waals surface area contributed by atoms with E-state index in [0.29, 0.717) is 0 Å². The molecule has 0 unspecified atom stereocenters. The Morgan fingerprint density at radius 3 is 1.12 bits per heavy atom. The zero-order valence-corrected chi connectivity index (χ0v) is 33.5. The zero-order chi connectivity index (χ0) is 40.0. The number of hydrogen-bond acceptors (Lipinski definition) is 2. The Morgan fingerprint density at radius 1 is 0.288 bits per heavy atom. The molecule has 0 spiro atoms. The van der Waals surface area contributed by atoms with Gasteiger partial charge in [0.2, 0.25) is 0 Å². The first-order chi connectivity index (χ1) is 29.1. The van der Waals surface area contributed by atoms with Gasteiger partial charge in [-0.05, 0) is 149 Å². The first-order valence-electron chi connectivity index (χ1n) is 20.4. The molecule has 9 rings (SSSR count). The van der Waals surface area contributed by atoms with Gasteiger partial charge in [0.05, 0.1) is 0 Å². The summed E-state index contributed by atoms with van der Waals surface area (Å²) in [7, 11) is 0. The Bertz CT molecular complexity index is 2760. The van der Waals surface area contributed by atoms with E-state index >= 15 is 0 Å². The van der Waals surface area contributed by atoms with E-state index in [9.17, 15) is 0 Å². The highest BCUT2D eigenvalue weighted by atomic mass is 15.1. The van der Waals surface area contributed by atoms with Crippen LogP contribution in [-0.4, -0.2) is 0 Å². The number of benzene rings is 9. The number of rotatable bonds is 11.